The molecule has 1 aliphatic heterocycles. The maximum atomic E-state index is 6.15. The largest absolute Gasteiger partial charge is 0.486 e. The molecule has 2 heterocycles. The minimum absolute atomic E-state index is 0.132. The lowest BCUT2D eigenvalue weighted by Crippen LogP contribution is -2.16. The predicted molar refractivity (Wildman–Crippen MR) is 93.5 cm³/mol. The maximum absolute atomic E-state index is 6.15. The topological polar surface area (TPSA) is 62.3 Å². The molecule has 2 aromatic carbocycles. The van der Waals surface area contributed by atoms with Crippen molar-refractivity contribution in [2.75, 3.05) is 13.2 Å². The summed E-state index contributed by atoms with van der Waals surface area (Å²) < 4.78 is 13.6. The Morgan fingerprint density at radius 2 is 1.83 bits per heavy atom. The summed E-state index contributed by atoms with van der Waals surface area (Å²) in [6, 6.07) is 14.3. The van der Waals surface area contributed by atoms with Crippen molar-refractivity contribution in [1.29, 1.82) is 0 Å². The summed E-state index contributed by atoms with van der Waals surface area (Å²) >= 11 is 0. The standard InChI is InChI=1S/C19H21N3O2/c1-13(20)19-21-15-11-17-18(24-10-9-23-17)12-16(15)22(19)8-7-14-5-3-2-4-6-14/h2-6,11-13H,7-10,20H2,1H3. The van der Waals surface area contributed by atoms with Gasteiger partial charge in [-0.15, -0.1) is 0 Å². The van der Waals surface area contributed by atoms with Gasteiger partial charge in [-0.3, -0.25) is 0 Å². The Kier molecular flexibility index (Phi) is 3.86. The van der Waals surface area contributed by atoms with Crippen molar-refractivity contribution in [3.8, 4) is 11.5 Å². The summed E-state index contributed by atoms with van der Waals surface area (Å²) in [5.74, 6) is 2.44. The van der Waals surface area contributed by atoms with Crippen LogP contribution in [0.25, 0.3) is 11.0 Å². The van der Waals surface area contributed by atoms with E-state index in [2.05, 4.69) is 28.8 Å². The van der Waals surface area contributed by atoms with Crippen molar-refractivity contribution in [3.63, 3.8) is 0 Å². The van der Waals surface area contributed by atoms with Gasteiger partial charge in [0.25, 0.3) is 0 Å². The van der Waals surface area contributed by atoms with Crippen LogP contribution in [0.4, 0.5) is 0 Å². The van der Waals surface area contributed by atoms with Crippen molar-refractivity contribution in [2.45, 2.75) is 25.9 Å². The van der Waals surface area contributed by atoms with Gasteiger partial charge in [0.05, 0.1) is 17.1 Å². The van der Waals surface area contributed by atoms with Gasteiger partial charge >= 0.3 is 0 Å². The van der Waals surface area contributed by atoms with Gasteiger partial charge < -0.3 is 19.8 Å². The Morgan fingerprint density at radius 1 is 1.12 bits per heavy atom. The lowest BCUT2D eigenvalue weighted by atomic mass is 10.1. The Hall–Kier alpha value is -2.53. The average Bonchev–Trinajstić information content (AvgIpc) is 2.96. The second kappa shape index (κ2) is 6.17. The van der Waals surface area contributed by atoms with Crippen LogP contribution in [0.3, 0.4) is 0 Å². The van der Waals surface area contributed by atoms with E-state index in [0.29, 0.717) is 13.2 Å². The van der Waals surface area contributed by atoms with E-state index in [9.17, 15) is 0 Å². The molecule has 0 aliphatic carbocycles. The smallest absolute Gasteiger partial charge is 0.163 e. The molecule has 4 rings (SSSR count). The van der Waals surface area contributed by atoms with Crippen molar-refractivity contribution in [2.24, 2.45) is 5.73 Å². The molecule has 0 radical (unpaired) electrons. The van der Waals surface area contributed by atoms with Crippen LogP contribution < -0.4 is 15.2 Å². The first-order valence-corrected chi connectivity index (χ1v) is 8.31. The predicted octanol–water partition coefficient (Wildman–Crippen LogP) is 3.07. The highest BCUT2D eigenvalue weighted by Gasteiger charge is 2.19. The number of hydrogen-bond donors (Lipinski definition) is 1. The second-order valence-corrected chi connectivity index (χ2v) is 6.13. The van der Waals surface area contributed by atoms with Crippen LogP contribution in [0.5, 0.6) is 11.5 Å². The molecule has 3 aromatic rings. The van der Waals surface area contributed by atoms with Crippen molar-refractivity contribution < 1.29 is 9.47 Å². The molecule has 1 aliphatic rings. The molecule has 0 saturated heterocycles. The molecule has 0 fully saturated rings. The number of ether oxygens (including phenoxy) is 2. The van der Waals surface area contributed by atoms with Gasteiger partial charge in [-0.05, 0) is 18.9 Å². The van der Waals surface area contributed by atoms with Crippen LogP contribution in [0.1, 0.15) is 24.4 Å². The molecule has 1 aromatic heterocycles. The zero-order valence-corrected chi connectivity index (χ0v) is 13.7. The van der Waals surface area contributed by atoms with Gasteiger partial charge in [0.2, 0.25) is 0 Å². The lowest BCUT2D eigenvalue weighted by Gasteiger charge is -2.18. The number of hydrogen-bond acceptors (Lipinski definition) is 4. The van der Waals surface area contributed by atoms with Gasteiger partial charge in [-0.1, -0.05) is 30.3 Å². The summed E-state index contributed by atoms with van der Waals surface area (Å²) in [7, 11) is 0. The monoisotopic (exact) mass is 323 g/mol. The summed E-state index contributed by atoms with van der Waals surface area (Å²) in [4.78, 5) is 4.73. The third-order valence-corrected chi connectivity index (χ3v) is 4.32. The van der Waals surface area contributed by atoms with E-state index in [1.165, 1.54) is 5.56 Å². The minimum Gasteiger partial charge on any atom is -0.486 e. The molecule has 0 saturated carbocycles. The quantitative estimate of drug-likeness (QED) is 0.801. The number of nitrogens with zero attached hydrogens (tertiary/aromatic N) is 2. The first kappa shape index (κ1) is 15.0. The van der Waals surface area contributed by atoms with E-state index in [1.54, 1.807) is 0 Å². The summed E-state index contributed by atoms with van der Waals surface area (Å²) in [5.41, 5.74) is 9.40. The van der Waals surface area contributed by atoms with Gasteiger partial charge in [-0.2, -0.15) is 0 Å². The van der Waals surface area contributed by atoms with Gasteiger partial charge in [0.1, 0.15) is 19.0 Å². The fourth-order valence-corrected chi connectivity index (χ4v) is 3.15. The van der Waals surface area contributed by atoms with Crippen LogP contribution in [-0.4, -0.2) is 22.8 Å². The molecule has 1 unspecified atom stereocenters. The summed E-state index contributed by atoms with van der Waals surface area (Å²) in [6.07, 6.45) is 0.931. The van der Waals surface area contributed by atoms with E-state index in [1.807, 2.05) is 25.1 Å². The van der Waals surface area contributed by atoms with E-state index in [-0.39, 0.29) is 6.04 Å². The molecule has 0 bridgehead atoms. The fourth-order valence-electron chi connectivity index (χ4n) is 3.15. The molecular weight excluding hydrogens is 302 g/mol. The second-order valence-electron chi connectivity index (χ2n) is 6.13. The molecule has 124 valence electrons. The number of aryl methyl sites for hydroxylation is 2. The Balaban J connectivity index is 1.75. The Bertz CT molecular complexity index is 856. The first-order chi connectivity index (χ1) is 11.7. The highest BCUT2D eigenvalue weighted by molar-refractivity contribution is 5.81. The number of aromatic nitrogens is 2. The molecule has 0 spiro atoms. The molecule has 5 heteroatoms. The zero-order chi connectivity index (χ0) is 16.5. The van der Waals surface area contributed by atoms with E-state index >= 15 is 0 Å². The van der Waals surface area contributed by atoms with Crippen molar-refractivity contribution >= 4 is 11.0 Å². The average molecular weight is 323 g/mol. The summed E-state index contributed by atoms with van der Waals surface area (Å²) in [6.45, 7) is 3.95. The number of nitrogens with two attached hydrogens (primary N) is 1. The van der Waals surface area contributed by atoms with Crippen molar-refractivity contribution in [1.82, 2.24) is 9.55 Å². The molecule has 2 N–H and O–H groups in total. The van der Waals surface area contributed by atoms with Crippen LogP contribution in [0, 0.1) is 0 Å². The third-order valence-electron chi connectivity index (χ3n) is 4.32. The van der Waals surface area contributed by atoms with Gasteiger partial charge in [-0.25, -0.2) is 4.98 Å². The highest BCUT2D eigenvalue weighted by atomic mass is 16.6. The minimum atomic E-state index is -0.132. The first-order valence-electron chi connectivity index (χ1n) is 8.31. The summed E-state index contributed by atoms with van der Waals surface area (Å²) in [5, 5.41) is 0. The molecule has 5 nitrogen and oxygen atoms in total. The number of benzene rings is 2. The van der Waals surface area contributed by atoms with E-state index in [0.717, 1.165) is 41.3 Å². The van der Waals surface area contributed by atoms with Crippen LogP contribution in [0.15, 0.2) is 42.5 Å². The van der Waals surface area contributed by atoms with Crippen LogP contribution in [-0.2, 0) is 13.0 Å². The molecule has 24 heavy (non-hydrogen) atoms. The third kappa shape index (κ3) is 2.71. The van der Waals surface area contributed by atoms with Crippen LogP contribution >= 0.6 is 0 Å². The fraction of sp³-hybridized carbons (Fsp3) is 0.316. The van der Waals surface area contributed by atoms with Crippen LogP contribution in [0.2, 0.25) is 0 Å². The maximum Gasteiger partial charge on any atom is 0.163 e. The number of fused-ring (bicyclic) bond motifs is 2. The Labute approximate surface area is 141 Å². The number of rotatable bonds is 4. The SMILES string of the molecule is CC(N)c1nc2cc3c(cc2n1CCc1ccccc1)OCCO3. The normalized spacial score (nSPS) is 14.8. The number of imidazole rings is 1. The van der Waals surface area contributed by atoms with Gasteiger partial charge in [0, 0.05) is 18.7 Å². The Morgan fingerprint density at radius 3 is 2.54 bits per heavy atom. The zero-order valence-electron chi connectivity index (χ0n) is 13.7. The lowest BCUT2D eigenvalue weighted by molar-refractivity contribution is 0.172. The van der Waals surface area contributed by atoms with E-state index in [4.69, 9.17) is 20.2 Å². The molecular formula is C19H21N3O2. The van der Waals surface area contributed by atoms with E-state index < -0.39 is 0 Å². The molecule has 0 amide bonds. The molecule has 1 atom stereocenters. The highest BCUT2D eigenvalue weighted by Crippen LogP contribution is 2.35. The van der Waals surface area contributed by atoms with Gasteiger partial charge in [0.15, 0.2) is 11.5 Å². The van der Waals surface area contributed by atoms with Crippen molar-refractivity contribution in [3.05, 3.63) is 53.9 Å².